The molecule has 0 bridgehead atoms. The summed E-state index contributed by atoms with van der Waals surface area (Å²) in [5, 5.41) is 33.8. The average Bonchev–Trinajstić information content (AvgIpc) is 3.63. The molecule has 1 unspecified atom stereocenters. The number of ketones is 2. The molecule has 1 saturated heterocycles. The van der Waals surface area contributed by atoms with Crippen LogP contribution in [0, 0.1) is 17.8 Å². The molecule has 4 amide bonds. The molecule has 0 saturated carbocycles. The number of aliphatic hydroxyl groups excluding tert-OH is 2. The van der Waals surface area contributed by atoms with E-state index >= 15 is 0 Å². The summed E-state index contributed by atoms with van der Waals surface area (Å²) >= 11 is 0. The van der Waals surface area contributed by atoms with Crippen LogP contribution in [0.4, 0.5) is 0 Å². The van der Waals surface area contributed by atoms with E-state index in [0.717, 1.165) is 12.0 Å². The van der Waals surface area contributed by atoms with Crippen LogP contribution in [0.3, 0.4) is 0 Å². The number of likely N-dealkylation sites (tertiary alicyclic amines) is 1. The third-order valence-electron chi connectivity index (χ3n) is 9.17. The summed E-state index contributed by atoms with van der Waals surface area (Å²) in [4.78, 5) is 81.5. The maximum Gasteiger partial charge on any atom is 0.248 e. The third kappa shape index (κ3) is 13.7. The molecule has 1 fully saturated rings. The van der Waals surface area contributed by atoms with Crippen molar-refractivity contribution in [1.82, 2.24) is 31.5 Å². The minimum Gasteiger partial charge on any atom is -0.394 e. The van der Waals surface area contributed by atoms with Gasteiger partial charge in [0.15, 0.2) is 11.6 Å². The fourth-order valence-electron chi connectivity index (χ4n) is 6.30. The number of hydrogen-bond acceptors (Lipinski definition) is 11. The van der Waals surface area contributed by atoms with Gasteiger partial charge in [0.05, 0.1) is 37.8 Å². The number of benzene rings is 1. The van der Waals surface area contributed by atoms with Crippen molar-refractivity contribution in [2.75, 3.05) is 46.4 Å². The zero-order valence-corrected chi connectivity index (χ0v) is 31.0. The number of carbonyl (C=O) groups excluding carboxylic acids is 6. The molecule has 52 heavy (non-hydrogen) atoms. The molecule has 15 heteroatoms. The van der Waals surface area contributed by atoms with Gasteiger partial charge in [-0.1, -0.05) is 57.7 Å². The molecule has 2 rings (SSSR count). The van der Waals surface area contributed by atoms with Crippen molar-refractivity contribution in [3.05, 3.63) is 48.2 Å². The molecule has 6 atom stereocenters. The fraction of sp³-hybridized carbons (Fsp3) is 0.622. The Balaban J connectivity index is 2.31. The molecular formula is C37H59N7O8. The van der Waals surface area contributed by atoms with Crippen LogP contribution in [0.1, 0.15) is 58.4 Å². The zero-order valence-electron chi connectivity index (χ0n) is 31.0. The molecule has 1 aliphatic rings. The van der Waals surface area contributed by atoms with Gasteiger partial charge in [0, 0.05) is 44.6 Å². The quantitative estimate of drug-likeness (QED) is 0.0654. The monoisotopic (exact) mass is 729 g/mol. The molecule has 9 N–H and O–H groups in total. The summed E-state index contributed by atoms with van der Waals surface area (Å²) < 4.78 is 0. The zero-order chi connectivity index (χ0) is 38.8. The lowest BCUT2D eigenvalue weighted by Crippen LogP contribution is -2.54. The molecule has 1 aromatic rings. The van der Waals surface area contributed by atoms with Crippen LogP contribution < -0.4 is 32.3 Å². The van der Waals surface area contributed by atoms with Crippen LogP contribution >= 0.6 is 0 Å². The normalized spacial score (nSPS) is 17.0. The highest BCUT2D eigenvalue weighted by atomic mass is 16.3. The van der Waals surface area contributed by atoms with Crippen molar-refractivity contribution in [1.29, 1.82) is 0 Å². The minimum absolute atomic E-state index is 0.00866. The Morgan fingerprint density at radius 3 is 2.08 bits per heavy atom. The van der Waals surface area contributed by atoms with Gasteiger partial charge in [0.1, 0.15) is 12.1 Å². The van der Waals surface area contributed by atoms with E-state index in [4.69, 9.17) is 5.73 Å². The van der Waals surface area contributed by atoms with Gasteiger partial charge in [-0.15, -0.1) is 0 Å². The summed E-state index contributed by atoms with van der Waals surface area (Å²) in [5.74, 6) is -5.07. The van der Waals surface area contributed by atoms with Crippen LogP contribution in [0.5, 0.6) is 0 Å². The van der Waals surface area contributed by atoms with E-state index in [0.29, 0.717) is 31.6 Å². The van der Waals surface area contributed by atoms with Gasteiger partial charge in [-0.25, -0.2) is 0 Å². The number of Topliss-reactive ketones (excluding diaryl/α,β-unsaturated/α-hetero) is 2. The summed E-state index contributed by atoms with van der Waals surface area (Å²) in [7, 11) is 1.72. The van der Waals surface area contributed by atoms with E-state index in [1.54, 1.807) is 24.1 Å². The first kappa shape index (κ1) is 44.0. The second-order valence-corrected chi connectivity index (χ2v) is 13.6. The summed E-state index contributed by atoms with van der Waals surface area (Å²) in [6.07, 6.45) is 1.26. The predicted octanol–water partition coefficient (Wildman–Crippen LogP) is -0.843. The largest absolute Gasteiger partial charge is 0.394 e. The number of nitrogens with two attached hydrogens (primary N) is 1. The van der Waals surface area contributed by atoms with Gasteiger partial charge in [-0.05, 0) is 43.7 Å². The van der Waals surface area contributed by atoms with Gasteiger partial charge in [-0.2, -0.15) is 0 Å². The van der Waals surface area contributed by atoms with E-state index in [1.807, 2.05) is 39.0 Å². The smallest absolute Gasteiger partial charge is 0.248 e. The van der Waals surface area contributed by atoms with Crippen LogP contribution in [0.15, 0.2) is 42.6 Å². The number of amides is 4. The maximum absolute atomic E-state index is 14.1. The lowest BCUT2D eigenvalue weighted by molar-refractivity contribution is -0.139. The molecule has 15 nitrogen and oxygen atoms in total. The SMILES string of the molecule is C=C(NC)C1CCCN1C(=O)[C@H](CO)NC(=O)[C@@H](CC(=O)[C@H](Cc1ccccc1)NC(=O)[C@H](CNCC)CC(=O)[C@H](CO)NC(=O)CN)CC(C)C. The first-order valence-electron chi connectivity index (χ1n) is 18.1. The van der Waals surface area contributed by atoms with Crippen molar-refractivity contribution < 1.29 is 39.0 Å². The Hall–Kier alpha value is -4.18. The lowest BCUT2D eigenvalue weighted by atomic mass is 9.88. The van der Waals surface area contributed by atoms with Crippen LogP contribution in [0.2, 0.25) is 0 Å². The number of nitrogens with zero attached hydrogens (tertiary/aromatic N) is 1. The van der Waals surface area contributed by atoms with Crippen LogP contribution in [0.25, 0.3) is 0 Å². The Labute approximate surface area is 306 Å². The van der Waals surface area contributed by atoms with Crippen molar-refractivity contribution in [2.45, 2.75) is 83.5 Å². The number of hydrogen-bond donors (Lipinski definition) is 8. The summed E-state index contributed by atoms with van der Waals surface area (Å²) in [5.41, 5.74) is 6.75. The molecule has 290 valence electrons. The van der Waals surface area contributed by atoms with E-state index < -0.39 is 78.4 Å². The maximum atomic E-state index is 14.1. The molecule has 0 radical (unpaired) electrons. The number of nitrogens with one attached hydrogen (secondary N) is 5. The van der Waals surface area contributed by atoms with Gasteiger partial charge in [-0.3, -0.25) is 28.8 Å². The van der Waals surface area contributed by atoms with E-state index in [2.05, 4.69) is 33.2 Å². The second kappa shape index (κ2) is 22.7. The number of rotatable bonds is 24. The first-order chi connectivity index (χ1) is 24.8. The molecule has 1 aliphatic heterocycles. The molecule has 0 aromatic heterocycles. The van der Waals surface area contributed by atoms with E-state index in [-0.39, 0.29) is 44.3 Å². The minimum atomic E-state index is -1.25. The molecule has 1 heterocycles. The highest BCUT2D eigenvalue weighted by Crippen LogP contribution is 2.23. The van der Waals surface area contributed by atoms with Gasteiger partial charge in [0.2, 0.25) is 23.6 Å². The van der Waals surface area contributed by atoms with Crippen LogP contribution in [-0.4, -0.2) is 121 Å². The predicted molar refractivity (Wildman–Crippen MR) is 196 cm³/mol. The molecule has 1 aromatic carbocycles. The van der Waals surface area contributed by atoms with Gasteiger partial charge < -0.3 is 47.4 Å². The first-order valence-corrected chi connectivity index (χ1v) is 18.1. The summed E-state index contributed by atoms with van der Waals surface area (Å²) in [6, 6.07) is 5.22. The van der Waals surface area contributed by atoms with Crippen molar-refractivity contribution in [2.24, 2.45) is 23.5 Å². The standard InChI is InChI=1S/C37H59N7O8/c1-6-40-20-27(18-33(48)29(21-45)41-34(49)19-38)36(51)42-28(16-25-11-8-7-9-12-25)32(47)17-26(15-23(2)3)35(50)43-30(22-46)37(52)44-14-10-13-31(44)24(4)39-5/h7-9,11-12,23,26-31,39-40,45-46H,4,6,10,13-22,38H2,1-3,5H3,(H,41,49)(H,42,51)(H,43,50)/t26-,27+,28+,29+,30+,31?/m1/s1. The fourth-order valence-corrected chi connectivity index (χ4v) is 6.30. The Morgan fingerprint density at radius 1 is 0.904 bits per heavy atom. The Kier molecular flexibility index (Phi) is 19.2. The van der Waals surface area contributed by atoms with E-state index in [1.165, 1.54) is 0 Å². The Morgan fingerprint density at radius 2 is 1.50 bits per heavy atom. The van der Waals surface area contributed by atoms with Crippen molar-refractivity contribution in [3.63, 3.8) is 0 Å². The second-order valence-electron chi connectivity index (χ2n) is 13.6. The highest BCUT2D eigenvalue weighted by Gasteiger charge is 2.37. The molecule has 0 aliphatic carbocycles. The lowest BCUT2D eigenvalue weighted by Gasteiger charge is -2.30. The highest BCUT2D eigenvalue weighted by molar-refractivity contribution is 5.96. The van der Waals surface area contributed by atoms with Gasteiger partial charge in [0.25, 0.3) is 0 Å². The van der Waals surface area contributed by atoms with Crippen LogP contribution in [-0.2, 0) is 35.2 Å². The Bertz CT molecular complexity index is 1360. The number of likely N-dealkylation sites (N-methyl/N-ethyl adjacent to an activating group) is 1. The topological polar surface area (TPSA) is 232 Å². The summed E-state index contributed by atoms with van der Waals surface area (Å²) in [6.45, 7) is 8.95. The van der Waals surface area contributed by atoms with Crippen molar-refractivity contribution in [3.8, 4) is 0 Å². The number of carbonyl (C=O) groups is 6. The molecular weight excluding hydrogens is 670 g/mol. The third-order valence-corrected chi connectivity index (χ3v) is 9.17. The number of aliphatic hydroxyl groups is 2. The average molecular weight is 730 g/mol. The van der Waals surface area contributed by atoms with E-state index in [9.17, 15) is 39.0 Å². The molecule has 0 spiro atoms. The van der Waals surface area contributed by atoms with Crippen molar-refractivity contribution >= 4 is 35.2 Å². The van der Waals surface area contributed by atoms with Gasteiger partial charge >= 0.3 is 0 Å².